The first kappa shape index (κ1) is 14.2. The van der Waals surface area contributed by atoms with Crippen LogP contribution in [0.4, 0.5) is 5.82 Å². The van der Waals surface area contributed by atoms with Gasteiger partial charge in [-0.2, -0.15) is 15.1 Å². The van der Waals surface area contributed by atoms with Crippen LogP contribution in [-0.2, 0) is 0 Å². The van der Waals surface area contributed by atoms with Crippen LogP contribution in [0, 0.1) is 13.8 Å². The number of hydrogen-bond donors (Lipinski definition) is 2. The van der Waals surface area contributed by atoms with E-state index in [9.17, 15) is 0 Å². The fraction of sp³-hybridized carbons (Fsp3) is 0.500. The van der Waals surface area contributed by atoms with Crippen molar-refractivity contribution in [3.8, 4) is 5.95 Å². The number of anilines is 1. The van der Waals surface area contributed by atoms with Crippen molar-refractivity contribution in [1.29, 1.82) is 0 Å². The maximum absolute atomic E-state index is 4.71. The number of H-pyrrole nitrogens is 1. The highest BCUT2D eigenvalue weighted by molar-refractivity contribution is 5.83. The predicted molar refractivity (Wildman–Crippen MR) is 88.8 cm³/mol. The van der Waals surface area contributed by atoms with Crippen LogP contribution in [-0.4, -0.2) is 35.8 Å². The molecule has 0 saturated heterocycles. The quantitative estimate of drug-likeness (QED) is 0.777. The summed E-state index contributed by atoms with van der Waals surface area (Å²) in [5, 5.41) is 8.06. The van der Waals surface area contributed by atoms with Crippen LogP contribution in [0.1, 0.15) is 43.5 Å². The fourth-order valence-corrected chi connectivity index (χ4v) is 3.29. The van der Waals surface area contributed by atoms with Crippen molar-refractivity contribution in [3.63, 3.8) is 0 Å². The average molecular weight is 311 g/mol. The van der Waals surface area contributed by atoms with Gasteiger partial charge in [-0.25, -0.2) is 9.67 Å². The lowest BCUT2D eigenvalue weighted by Gasteiger charge is -2.23. The van der Waals surface area contributed by atoms with Gasteiger partial charge in [0, 0.05) is 11.7 Å². The van der Waals surface area contributed by atoms with E-state index < -0.39 is 0 Å². The van der Waals surface area contributed by atoms with Gasteiger partial charge in [0.15, 0.2) is 11.5 Å². The molecule has 1 aliphatic rings. The van der Waals surface area contributed by atoms with Crippen LogP contribution >= 0.6 is 0 Å². The average Bonchev–Trinajstić information content (AvgIpc) is 3.14. The molecule has 1 aliphatic carbocycles. The maximum atomic E-state index is 4.71. The topological polar surface area (TPSA) is 84.3 Å². The highest BCUT2D eigenvalue weighted by Gasteiger charge is 2.18. The number of aromatic amines is 1. The molecule has 0 radical (unpaired) electrons. The van der Waals surface area contributed by atoms with Gasteiger partial charge in [-0.3, -0.25) is 0 Å². The molecule has 3 aromatic rings. The van der Waals surface area contributed by atoms with Crippen molar-refractivity contribution >= 4 is 17.0 Å². The first-order valence-corrected chi connectivity index (χ1v) is 8.22. The van der Waals surface area contributed by atoms with E-state index in [1.807, 2.05) is 19.9 Å². The molecule has 7 heteroatoms. The van der Waals surface area contributed by atoms with Gasteiger partial charge in [-0.05, 0) is 32.8 Å². The van der Waals surface area contributed by atoms with Gasteiger partial charge in [-0.15, -0.1) is 0 Å². The van der Waals surface area contributed by atoms with E-state index in [0.717, 1.165) is 28.4 Å². The summed E-state index contributed by atoms with van der Waals surface area (Å²) in [5.74, 6) is 1.37. The third-order valence-electron chi connectivity index (χ3n) is 4.41. The van der Waals surface area contributed by atoms with E-state index in [0.29, 0.717) is 12.0 Å². The molecule has 1 saturated carbocycles. The first-order valence-electron chi connectivity index (χ1n) is 8.22. The Labute approximate surface area is 134 Å². The van der Waals surface area contributed by atoms with Crippen molar-refractivity contribution in [1.82, 2.24) is 29.7 Å². The van der Waals surface area contributed by atoms with Gasteiger partial charge in [0.2, 0.25) is 0 Å². The normalized spacial score (nSPS) is 16.1. The maximum Gasteiger partial charge on any atom is 0.254 e. The molecule has 7 nitrogen and oxygen atoms in total. The Hall–Kier alpha value is -2.44. The number of aryl methyl sites for hydroxylation is 2. The predicted octanol–water partition coefficient (Wildman–Crippen LogP) is 2.90. The number of nitrogens with zero attached hydrogens (tertiary/aromatic N) is 5. The number of aromatic nitrogens is 6. The summed E-state index contributed by atoms with van der Waals surface area (Å²) >= 11 is 0. The molecule has 0 aliphatic heterocycles. The Bertz CT molecular complexity index is 826. The van der Waals surface area contributed by atoms with Crippen LogP contribution in [0.2, 0.25) is 0 Å². The lowest BCUT2D eigenvalue weighted by molar-refractivity contribution is 0.462. The minimum absolute atomic E-state index is 0.465. The zero-order chi connectivity index (χ0) is 15.8. The standard InChI is InChI=1S/C16H21N7/c1-10-8-11(2)23(22-10)16-20-14-13(17-9-18-14)15(21-16)19-12-6-4-3-5-7-12/h8-9,12H,3-7H2,1-2H3,(H2,17,18,19,20,21). The summed E-state index contributed by atoms with van der Waals surface area (Å²) in [5.41, 5.74) is 3.50. The monoisotopic (exact) mass is 311 g/mol. The second kappa shape index (κ2) is 5.64. The van der Waals surface area contributed by atoms with Gasteiger partial charge >= 0.3 is 0 Å². The van der Waals surface area contributed by atoms with Crippen LogP contribution in [0.3, 0.4) is 0 Å². The Morgan fingerprint density at radius 2 is 2.00 bits per heavy atom. The number of hydrogen-bond acceptors (Lipinski definition) is 5. The lowest BCUT2D eigenvalue weighted by atomic mass is 9.95. The van der Waals surface area contributed by atoms with Crippen molar-refractivity contribution < 1.29 is 0 Å². The molecule has 0 bridgehead atoms. The van der Waals surface area contributed by atoms with Gasteiger partial charge in [0.25, 0.3) is 5.95 Å². The van der Waals surface area contributed by atoms with Crippen molar-refractivity contribution in [2.75, 3.05) is 5.32 Å². The molecule has 4 rings (SSSR count). The molecule has 3 aromatic heterocycles. The van der Waals surface area contributed by atoms with Crippen molar-refractivity contribution in [3.05, 3.63) is 23.8 Å². The zero-order valence-electron chi connectivity index (χ0n) is 13.5. The van der Waals surface area contributed by atoms with E-state index in [-0.39, 0.29) is 0 Å². The smallest absolute Gasteiger partial charge is 0.254 e. The fourth-order valence-electron chi connectivity index (χ4n) is 3.29. The van der Waals surface area contributed by atoms with Crippen LogP contribution < -0.4 is 5.32 Å². The Balaban J connectivity index is 1.76. The van der Waals surface area contributed by atoms with E-state index in [1.165, 1.54) is 32.1 Å². The number of rotatable bonds is 3. The summed E-state index contributed by atoms with van der Waals surface area (Å²) in [6.45, 7) is 3.98. The first-order chi connectivity index (χ1) is 11.2. The van der Waals surface area contributed by atoms with E-state index in [1.54, 1.807) is 11.0 Å². The number of fused-ring (bicyclic) bond motifs is 1. The largest absolute Gasteiger partial charge is 0.365 e. The molecule has 0 aromatic carbocycles. The van der Waals surface area contributed by atoms with Gasteiger partial charge in [0.1, 0.15) is 5.52 Å². The molecule has 0 atom stereocenters. The summed E-state index contributed by atoms with van der Waals surface area (Å²) in [6.07, 6.45) is 7.91. The molecule has 0 unspecified atom stereocenters. The highest BCUT2D eigenvalue weighted by Crippen LogP contribution is 2.24. The van der Waals surface area contributed by atoms with Gasteiger partial charge in [-0.1, -0.05) is 19.3 Å². The minimum Gasteiger partial charge on any atom is -0.365 e. The molecule has 3 heterocycles. The molecule has 0 amide bonds. The summed E-state index contributed by atoms with van der Waals surface area (Å²) in [4.78, 5) is 16.7. The molecule has 23 heavy (non-hydrogen) atoms. The molecule has 120 valence electrons. The second-order valence-electron chi connectivity index (χ2n) is 6.29. The van der Waals surface area contributed by atoms with Crippen LogP contribution in [0.25, 0.3) is 17.1 Å². The summed E-state index contributed by atoms with van der Waals surface area (Å²) < 4.78 is 1.78. The van der Waals surface area contributed by atoms with E-state index in [4.69, 9.17) is 4.98 Å². The Morgan fingerprint density at radius 1 is 1.17 bits per heavy atom. The highest BCUT2D eigenvalue weighted by atomic mass is 15.4. The molecular formula is C16H21N7. The lowest BCUT2D eigenvalue weighted by Crippen LogP contribution is -2.23. The SMILES string of the molecule is Cc1cc(C)n(-c2nc(NC3CCCCC3)c3nc[nH]c3n2)n1. The zero-order valence-corrected chi connectivity index (χ0v) is 13.5. The Morgan fingerprint density at radius 3 is 2.74 bits per heavy atom. The number of imidazole rings is 1. The van der Waals surface area contributed by atoms with Gasteiger partial charge in [0.05, 0.1) is 12.0 Å². The van der Waals surface area contributed by atoms with Gasteiger partial charge < -0.3 is 10.3 Å². The minimum atomic E-state index is 0.465. The summed E-state index contributed by atoms with van der Waals surface area (Å²) in [7, 11) is 0. The third-order valence-corrected chi connectivity index (χ3v) is 4.41. The van der Waals surface area contributed by atoms with Crippen LogP contribution in [0.5, 0.6) is 0 Å². The molecule has 0 spiro atoms. The van der Waals surface area contributed by atoms with Crippen LogP contribution in [0.15, 0.2) is 12.4 Å². The molecule has 1 fully saturated rings. The van der Waals surface area contributed by atoms with Crippen molar-refractivity contribution in [2.45, 2.75) is 52.0 Å². The second-order valence-corrected chi connectivity index (χ2v) is 6.29. The van der Waals surface area contributed by atoms with E-state index in [2.05, 4.69) is 25.4 Å². The Kier molecular flexibility index (Phi) is 3.48. The number of nitrogens with one attached hydrogen (secondary N) is 2. The van der Waals surface area contributed by atoms with E-state index >= 15 is 0 Å². The molecular weight excluding hydrogens is 290 g/mol. The third kappa shape index (κ3) is 2.67. The van der Waals surface area contributed by atoms with Crippen molar-refractivity contribution in [2.24, 2.45) is 0 Å². The summed E-state index contributed by atoms with van der Waals surface area (Å²) in [6, 6.07) is 2.49. The molecule has 2 N–H and O–H groups in total.